The van der Waals surface area contributed by atoms with Gasteiger partial charge in [0.1, 0.15) is 18.0 Å². The van der Waals surface area contributed by atoms with Crippen molar-refractivity contribution in [3.05, 3.63) is 47.3 Å². The number of carbonyl (C=O) groups excluding carboxylic acids is 3. The molecule has 0 aliphatic carbocycles. The van der Waals surface area contributed by atoms with E-state index >= 15 is 0 Å². The molecule has 11 nitrogen and oxygen atoms in total. The summed E-state index contributed by atoms with van der Waals surface area (Å²) in [7, 11) is 3.57. The number of likely N-dealkylation sites (N-methyl/N-ethyl adjacent to an activating group) is 2. The number of benzene rings is 1. The minimum Gasteiger partial charge on any atom is -0.457 e. The number of aliphatic hydroxyl groups is 1. The maximum atomic E-state index is 14.9. The molecule has 1 aromatic rings. The fraction of sp³-hybridized carbons (Fsp3) is 0.618. The minimum atomic E-state index is -0.898. The van der Waals surface area contributed by atoms with Gasteiger partial charge < -0.3 is 39.3 Å². The zero-order chi connectivity index (χ0) is 33.4. The second-order valence-electron chi connectivity index (χ2n) is 12.8. The van der Waals surface area contributed by atoms with Gasteiger partial charge in [-0.1, -0.05) is 26.0 Å². The van der Waals surface area contributed by atoms with E-state index in [1.54, 1.807) is 18.0 Å². The van der Waals surface area contributed by atoms with Gasteiger partial charge in [0.05, 0.1) is 25.7 Å². The van der Waals surface area contributed by atoms with Gasteiger partial charge in [0.15, 0.2) is 6.10 Å². The van der Waals surface area contributed by atoms with Gasteiger partial charge in [-0.2, -0.15) is 0 Å². The number of hydrogen-bond acceptors (Lipinski definition) is 9. The van der Waals surface area contributed by atoms with Crippen LogP contribution in [0, 0.1) is 17.7 Å². The third-order valence-corrected chi connectivity index (χ3v) is 8.98. The monoisotopic (exact) mass is 644 g/mol. The molecule has 0 bridgehead atoms. The second kappa shape index (κ2) is 16.4. The van der Waals surface area contributed by atoms with Crippen molar-refractivity contribution in [1.82, 2.24) is 15.1 Å². The van der Waals surface area contributed by atoms with Gasteiger partial charge in [-0.15, -0.1) is 0 Å². The van der Waals surface area contributed by atoms with E-state index < -0.39 is 36.2 Å². The van der Waals surface area contributed by atoms with Gasteiger partial charge in [-0.05, 0) is 68.1 Å². The fourth-order valence-electron chi connectivity index (χ4n) is 6.04. The van der Waals surface area contributed by atoms with Gasteiger partial charge in [0, 0.05) is 51.4 Å². The number of morpholine rings is 1. The number of ether oxygens (including phenoxy) is 3. The van der Waals surface area contributed by atoms with Crippen molar-refractivity contribution in [3.63, 3.8) is 0 Å². The lowest BCUT2D eigenvalue weighted by atomic mass is 9.91. The SMILES string of the molecule is CNC(=O)[C@H]1CN(c2cc(F)cc(/C=C(\C)[C@H]3OC(=O)C[C@H](O)CC[C@H](C)[C@@H](OC(=O)N4CCN(C)CC4)/C=C\[C@@H]3C)c2)CCO1. The Balaban J connectivity index is 1.56. The molecule has 46 heavy (non-hydrogen) atoms. The van der Waals surface area contributed by atoms with Crippen LogP contribution < -0.4 is 10.2 Å². The van der Waals surface area contributed by atoms with E-state index in [4.69, 9.17) is 14.2 Å². The molecule has 1 aromatic carbocycles. The average Bonchev–Trinajstić information content (AvgIpc) is 3.03. The maximum Gasteiger partial charge on any atom is 0.410 e. The first-order valence-electron chi connectivity index (χ1n) is 16.2. The summed E-state index contributed by atoms with van der Waals surface area (Å²) in [5.74, 6) is -1.61. The van der Waals surface area contributed by atoms with Crippen LogP contribution >= 0.6 is 0 Å². The first-order valence-corrected chi connectivity index (χ1v) is 16.2. The van der Waals surface area contributed by atoms with Gasteiger partial charge in [-0.25, -0.2) is 9.18 Å². The lowest BCUT2D eigenvalue weighted by Gasteiger charge is -2.34. The Morgan fingerprint density at radius 1 is 1.09 bits per heavy atom. The number of rotatable bonds is 5. The van der Waals surface area contributed by atoms with Crippen LogP contribution in [0.1, 0.15) is 45.6 Å². The summed E-state index contributed by atoms with van der Waals surface area (Å²) in [6.45, 7) is 9.57. The van der Waals surface area contributed by atoms with E-state index in [9.17, 15) is 23.9 Å². The van der Waals surface area contributed by atoms with Crippen molar-refractivity contribution >= 4 is 29.7 Å². The molecule has 3 aliphatic rings. The second-order valence-corrected chi connectivity index (χ2v) is 12.8. The van der Waals surface area contributed by atoms with Gasteiger partial charge in [-0.3, -0.25) is 9.59 Å². The zero-order valence-electron chi connectivity index (χ0n) is 27.6. The smallest absolute Gasteiger partial charge is 0.410 e. The Labute approximate surface area is 271 Å². The number of hydrogen-bond donors (Lipinski definition) is 2. The Kier molecular flexibility index (Phi) is 12.6. The average molecular weight is 645 g/mol. The van der Waals surface area contributed by atoms with Crippen LogP contribution in [0.4, 0.5) is 14.9 Å². The van der Waals surface area contributed by atoms with Crippen molar-refractivity contribution in [2.45, 2.75) is 64.4 Å². The van der Waals surface area contributed by atoms with E-state index in [1.165, 1.54) is 12.1 Å². The molecular weight excluding hydrogens is 595 g/mol. The lowest BCUT2D eigenvalue weighted by Crippen LogP contribution is -2.49. The highest BCUT2D eigenvalue weighted by atomic mass is 19.1. The minimum absolute atomic E-state index is 0.0889. The van der Waals surface area contributed by atoms with Crippen LogP contribution in [0.15, 0.2) is 35.9 Å². The Bertz CT molecular complexity index is 1280. The first-order chi connectivity index (χ1) is 21.9. The summed E-state index contributed by atoms with van der Waals surface area (Å²) in [5, 5.41) is 13.2. The van der Waals surface area contributed by atoms with Crippen molar-refractivity contribution in [1.29, 1.82) is 0 Å². The number of aliphatic hydroxyl groups excluding tert-OH is 1. The number of piperazine rings is 1. The summed E-state index contributed by atoms with van der Waals surface area (Å²) < 4.78 is 32.4. The maximum absolute atomic E-state index is 14.9. The van der Waals surface area contributed by atoms with Crippen LogP contribution in [0.2, 0.25) is 0 Å². The van der Waals surface area contributed by atoms with Gasteiger partial charge >= 0.3 is 12.1 Å². The Hall–Kier alpha value is -3.48. The van der Waals surface area contributed by atoms with Crippen LogP contribution in [-0.4, -0.2) is 117 Å². The fourth-order valence-corrected chi connectivity index (χ4v) is 6.04. The van der Waals surface area contributed by atoms with Crippen LogP contribution in [0.3, 0.4) is 0 Å². The molecule has 0 aromatic heterocycles. The van der Waals surface area contributed by atoms with Gasteiger partial charge in [0.2, 0.25) is 0 Å². The molecule has 4 rings (SSSR count). The van der Waals surface area contributed by atoms with Crippen LogP contribution in [0.5, 0.6) is 0 Å². The summed E-state index contributed by atoms with van der Waals surface area (Å²) in [4.78, 5) is 43.9. The molecule has 2 saturated heterocycles. The third kappa shape index (κ3) is 9.76. The van der Waals surface area contributed by atoms with Crippen molar-refractivity contribution < 1.29 is 38.1 Å². The normalized spacial score (nSPS) is 29.6. The molecule has 254 valence electrons. The molecule has 0 spiro atoms. The van der Waals surface area contributed by atoms with E-state index in [-0.39, 0.29) is 36.8 Å². The van der Waals surface area contributed by atoms with E-state index in [1.807, 2.05) is 50.9 Å². The van der Waals surface area contributed by atoms with Gasteiger partial charge in [0.25, 0.3) is 5.91 Å². The molecule has 3 aliphatic heterocycles. The molecular formula is C34H49FN4O7. The molecule has 0 unspecified atom stereocenters. The Morgan fingerprint density at radius 2 is 1.83 bits per heavy atom. The van der Waals surface area contributed by atoms with E-state index in [0.29, 0.717) is 55.9 Å². The molecule has 0 saturated carbocycles. The molecule has 12 heteroatoms. The molecule has 0 radical (unpaired) electrons. The predicted octanol–water partition coefficient (Wildman–Crippen LogP) is 3.22. The third-order valence-electron chi connectivity index (χ3n) is 8.98. The zero-order valence-corrected chi connectivity index (χ0v) is 27.6. The van der Waals surface area contributed by atoms with Crippen LogP contribution in [0.25, 0.3) is 6.08 Å². The largest absolute Gasteiger partial charge is 0.457 e. The number of amides is 2. The Morgan fingerprint density at radius 3 is 2.54 bits per heavy atom. The molecule has 6 atom stereocenters. The summed E-state index contributed by atoms with van der Waals surface area (Å²) in [5.41, 5.74) is 1.86. The summed E-state index contributed by atoms with van der Waals surface area (Å²) in [6, 6.07) is 4.66. The number of anilines is 1. The number of nitrogens with zero attached hydrogens (tertiary/aromatic N) is 3. The predicted molar refractivity (Wildman–Crippen MR) is 173 cm³/mol. The molecule has 2 amide bonds. The number of nitrogens with one attached hydrogen (secondary N) is 1. The highest BCUT2D eigenvalue weighted by molar-refractivity contribution is 5.81. The topological polar surface area (TPSA) is 121 Å². The molecule has 3 heterocycles. The number of cyclic esters (lactones) is 1. The molecule has 2 fully saturated rings. The van der Waals surface area contributed by atoms with Crippen molar-refractivity contribution in [2.24, 2.45) is 11.8 Å². The number of carbonyl (C=O) groups is 3. The summed E-state index contributed by atoms with van der Waals surface area (Å²) >= 11 is 0. The first kappa shape index (κ1) is 35.4. The van der Waals surface area contributed by atoms with E-state index in [2.05, 4.69) is 10.2 Å². The standard InChI is InChI=1S/C34H49FN4O7/c1-22-6-8-28(40)20-31(41)46-32(23(2)7-9-29(22)45-34(43)38-12-10-37(5)11-13-38)24(3)16-25-17-26(35)19-27(18-25)39-14-15-44-30(21-39)33(42)36-4/h7,9,16-19,22-23,28-30,32,40H,6,8,10-15,20-21H2,1-5H3,(H,36,42)/b9-7-,24-16+/t22-,23-,28+,29-,30+,32-/m0/s1. The van der Waals surface area contributed by atoms with Crippen LogP contribution in [-0.2, 0) is 23.8 Å². The highest BCUT2D eigenvalue weighted by Crippen LogP contribution is 2.28. The number of halogens is 1. The van der Waals surface area contributed by atoms with E-state index in [0.717, 1.165) is 13.1 Å². The van der Waals surface area contributed by atoms with Crippen molar-refractivity contribution in [2.75, 3.05) is 64.9 Å². The molecule has 2 N–H and O–H groups in total. The summed E-state index contributed by atoms with van der Waals surface area (Å²) in [6.07, 6.45) is 3.13. The quantitative estimate of drug-likeness (QED) is 0.368. The van der Waals surface area contributed by atoms with Crippen molar-refractivity contribution in [3.8, 4) is 0 Å². The number of esters is 1. The lowest BCUT2D eigenvalue weighted by molar-refractivity contribution is -0.151. The highest BCUT2D eigenvalue weighted by Gasteiger charge is 2.30.